The highest BCUT2D eigenvalue weighted by Crippen LogP contribution is 2.08. The van der Waals surface area contributed by atoms with Crippen LogP contribution in [0.2, 0.25) is 0 Å². The van der Waals surface area contributed by atoms with Crippen LogP contribution in [0.25, 0.3) is 0 Å². The van der Waals surface area contributed by atoms with E-state index in [-0.39, 0.29) is 0 Å². The molecule has 0 amide bonds. The van der Waals surface area contributed by atoms with Crippen LogP contribution in [0.15, 0.2) is 0 Å². The molecule has 0 spiro atoms. The third kappa shape index (κ3) is 10.4. The topological polar surface area (TPSA) is 15.3 Å². The van der Waals surface area contributed by atoms with Gasteiger partial charge in [0.25, 0.3) is 0 Å². The van der Waals surface area contributed by atoms with Crippen LogP contribution in [0.3, 0.4) is 0 Å². The van der Waals surface area contributed by atoms with E-state index in [2.05, 4.69) is 38.2 Å². The first kappa shape index (κ1) is 15.9. The summed E-state index contributed by atoms with van der Waals surface area (Å²) in [7, 11) is 4.32. The minimum Gasteiger partial charge on any atom is -0.314 e. The van der Waals surface area contributed by atoms with E-state index in [4.69, 9.17) is 0 Å². The van der Waals surface area contributed by atoms with Gasteiger partial charge in [-0.3, -0.25) is 0 Å². The zero-order valence-corrected chi connectivity index (χ0v) is 11.9. The Kier molecular flexibility index (Phi) is 11.3. The molecule has 0 rings (SSSR count). The fourth-order valence-electron chi connectivity index (χ4n) is 1.93. The summed E-state index contributed by atoms with van der Waals surface area (Å²) < 4.78 is 0. The normalized spacial score (nSPS) is 13.3. The molecule has 1 unspecified atom stereocenters. The standard InChI is InChI=1S/C14H32N2/c1-5-7-8-9-10-14(15-12-6-2)11-13-16(3)4/h14-15H,5-13H2,1-4H3. The molecule has 0 saturated heterocycles. The van der Waals surface area contributed by atoms with Crippen molar-refractivity contribution in [1.29, 1.82) is 0 Å². The zero-order chi connectivity index (χ0) is 12.2. The molecule has 1 N–H and O–H groups in total. The van der Waals surface area contributed by atoms with Crippen LogP contribution in [0, 0.1) is 0 Å². The van der Waals surface area contributed by atoms with Gasteiger partial charge in [-0.2, -0.15) is 0 Å². The molecule has 0 heterocycles. The fraction of sp³-hybridized carbons (Fsp3) is 1.00. The lowest BCUT2D eigenvalue weighted by Gasteiger charge is -2.20. The lowest BCUT2D eigenvalue weighted by atomic mass is 10.0. The second-order valence-corrected chi connectivity index (χ2v) is 5.09. The van der Waals surface area contributed by atoms with Gasteiger partial charge >= 0.3 is 0 Å². The van der Waals surface area contributed by atoms with Gasteiger partial charge in [-0.1, -0.05) is 39.5 Å². The van der Waals surface area contributed by atoms with Crippen LogP contribution in [0.4, 0.5) is 0 Å². The molecule has 0 fully saturated rings. The van der Waals surface area contributed by atoms with E-state index in [1.807, 2.05) is 0 Å². The number of hydrogen-bond acceptors (Lipinski definition) is 2. The Hall–Kier alpha value is -0.0800. The number of nitrogens with zero attached hydrogens (tertiary/aromatic N) is 1. The van der Waals surface area contributed by atoms with Crippen molar-refractivity contribution in [2.24, 2.45) is 0 Å². The first-order valence-electron chi connectivity index (χ1n) is 7.08. The van der Waals surface area contributed by atoms with Gasteiger partial charge in [0, 0.05) is 6.04 Å². The summed E-state index contributed by atoms with van der Waals surface area (Å²) in [6, 6.07) is 0.735. The maximum absolute atomic E-state index is 3.68. The number of nitrogens with one attached hydrogen (secondary N) is 1. The monoisotopic (exact) mass is 228 g/mol. The molecule has 0 bridgehead atoms. The SMILES string of the molecule is CCCCCCC(CCN(C)C)NCCC. The largest absolute Gasteiger partial charge is 0.314 e. The quantitative estimate of drug-likeness (QED) is 0.546. The van der Waals surface area contributed by atoms with Crippen molar-refractivity contribution in [3.63, 3.8) is 0 Å². The molecule has 16 heavy (non-hydrogen) atoms. The number of rotatable bonds is 11. The molecule has 0 aliphatic heterocycles. The maximum atomic E-state index is 3.68. The van der Waals surface area contributed by atoms with Crippen molar-refractivity contribution in [2.75, 3.05) is 27.2 Å². The van der Waals surface area contributed by atoms with Gasteiger partial charge in [0.2, 0.25) is 0 Å². The van der Waals surface area contributed by atoms with Gasteiger partial charge < -0.3 is 10.2 Å². The van der Waals surface area contributed by atoms with Crippen LogP contribution in [0.1, 0.15) is 58.8 Å². The van der Waals surface area contributed by atoms with Gasteiger partial charge in [-0.15, -0.1) is 0 Å². The molecule has 0 aromatic heterocycles. The minimum atomic E-state index is 0.735. The molecule has 0 saturated carbocycles. The second kappa shape index (κ2) is 11.4. The average molecular weight is 228 g/mol. The molecule has 2 nitrogen and oxygen atoms in total. The molecular formula is C14H32N2. The van der Waals surface area contributed by atoms with Gasteiger partial charge in [0.05, 0.1) is 0 Å². The molecule has 2 heteroatoms. The van der Waals surface area contributed by atoms with E-state index in [0.29, 0.717) is 0 Å². The highest BCUT2D eigenvalue weighted by Gasteiger charge is 2.07. The zero-order valence-electron chi connectivity index (χ0n) is 11.9. The molecule has 0 aliphatic rings. The van der Waals surface area contributed by atoms with E-state index in [1.54, 1.807) is 0 Å². The van der Waals surface area contributed by atoms with Gasteiger partial charge in [-0.05, 0) is 46.4 Å². The maximum Gasteiger partial charge on any atom is 0.00792 e. The summed E-state index contributed by atoms with van der Waals surface area (Å²) in [6.07, 6.45) is 9.42. The fourth-order valence-corrected chi connectivity index (χ4v) is 1.93. The van der Waals surface area contributed by atoms with Gasteiger partial charge in [0.15, 0.2) is 0 Å². The van der Waals surface area contributed by atoms with Crippen molar-refractivity contribution in [3.8, 4) is 0 Å². The lowest BCUT2D eigenvalue weighted by molar-refractivity contribution is 0.343. The molecular weight excluding hydrogens is 196 g/mol. The average Bonchev–Trinajstić information content (AvgIpc) is 2.26. The third-order valence-electron chi connectivity index (χ3n) is 3.01. The van der Waals surface area contributed by atoms with Crippen LogP contribution in [-0.4, -0.2) is 38.1 Å². The van der Waals surface area contributed by atoms with Crippen molar-refractivity contribution in [3.05, 3.63) is 0 Å². The van der Waals surface area contributed by atoms with Crippen molar-refractivity contribution < 1.29 is 0 Å². The Labute approximate surface area is 103 Å². The summed E-state index contributed by atoms with van der Waals surface area (Å²) in [5, 5.41) is 3.68. The van der Waals surface area contributed by atoms with Crippen molar-refractivity contribution in [1.82, 2.24) is 10.2 Å². The summed E-state index contributed by atoms with van der Waals surface area (Å²) >= 11 is 0. The number of hydrogen-bond donors (Lipinski definition) is 1. The minimum absolute atomic E-state index is 0.735. The molecule has 0 aromatic carbocycles. The predicted octanol–water partition coefficient (Wildman–Crippen LogP) is 3.28. The predicted molar refractivity (Wildman–Crippen MR) is 74.0 cm³/mol. The lowest BCUT2D eigenvalue weighted by Crippen LogP contribution is -2.32. The van der Waals surface area contributed by atoms with Gasteiger partial charge in [-0.25, -0.2) is 0 Å². The van der Waals surface area contributed by atoms with E-state index in [1.165, 1.54) is 58.0 Å². The Morgan fingerprint density at radius 2 is 1.69 bits per heavy atom. The smallest absolute Gasteiger partial charge is 0.00792 e. The molecule has 0 radical (unpaired) electrons. The van der Waals surface area contributed by atoms with E-state index < -0.39 is 0 Å². The van der Waals surface area contributed by atoms with Crippen molar-refractivity contribution in [2.45, 2.75) is 64.8 Å². The van der Waals surface area contributed by atoms with Crippen LogP contribution in [-0.2, 0) is 0 Å². The highest BCUT2D eigenvalue weighted by molar-refractivity contribution is 4.68. The third-order valence-corrected chi connectivity index (χ3v) is 3.01. The van der Waals surface area contributed by atoms with E-state index >= 15 is 0 Å². The summed E-state index contributed by atoms with van der Waals surface area (Å²) in [5.41, 5.74) is 0. The van der Waals surface area contributed by atoms with Crippen molar-refractivity contribution >= 4 is 0 Å². The molecule has 0 aromatic rings. The molecule has 0 aliphatic carbocycles. The van der Waals surface area contributed by atoms with Crippen LogP contribution in [0.5, 0.6) is 0 Å². The van der Waals surface area contributed by atoms with Gasteiger partial charge in [0.1, 0.15) is 0 Å². The summed E-state index contributed by atoms with van der Waals surface area (Å²) in [6.45, 7) is 6.90. The first-order valence-corrected chi connectivity index (χ1v) is 7.08. The van der Waals surface area contributed by atoms with Crippen LogP contribution >= 0.6 is 0 Å². The second-order valence-electron chi connectivity index (χ2n) is 5.09. The summed E-state index contributed by atoms with van der Waals surface area (Å²) in [4.78, 5) is 2.28. The van der Waals surface area contributed by atoms with E-state index in [0.717, 1.165) is 6.04 Å². The summed E-state index contributed by atoms with van der Waals surface area (Å²) in [5.74, 6) is 0. The number of unbranched alkanes of at least 4 members (excludes halogenated alkanes) is 3. The Balaban J connectivity index is 3.62. The van der Waals surface area contributed by atoms with Crippen LogP contribution < -0.4 is 5.32 Å². The van der Waals surface area contributed by atoms with E-state index in [9.17, 15) is 0 Å². The highest BCUT2D eigenvalue weighted by atomic mass is 15.1. The molecule has 98 valence electrons. The Bertz CT molecular complexity index is 135. The Morgan fingerprint density at radius 3 is 2.25 bits per heavy atom. The molecule has 1 atom stereocenters. The first-order chi connectivity index (χ1) is 7.70. The Morgan fingerprint density at radius 1 is 0.938 bits per heavy atom.